The van der Waals surface area contributed by atoms with Gasteiger partial charge in [0.15, 0.2) is 5.82 Å². The molecule has 0 atom stereocenters. The van der Waals surface area contributed by atoms with Crippen LogP contribution < -0.4 is 0 Å². The fourth-order valence-electron chi connectivity index (χ4n) is 1.47. The summed E-state index contributed by atoms with van der Waals surface area (Å²) in [6.45, 7) is 0. The van der Waals surface area contributed by atoms with Gasteiger partial charge in [0.25, 0.3) is 5.95 Å². The molecule has 2 heterocycles. The van der Waals surface area contributed by atoms with Gasteiger partial charge in [-0.3, -0.25) is 4.79 Å². The van der Waals surface area contributed by atoms with Crippen LogP contribution in [0.1, 0.15) is 16.1 Å². The molecule has 0 bridgehead atoms. The Balaban J connectivity index is 2.55. The lowest BCUT2D eigenvalue weighted by atomic mass is 10.1. The minimum atomic E-state index is -1.62. The number of carbonyl (C=O) groups excluding carboxylic acids is 1. The van der Waals surface area contributed by atoms with Crippen LogP contribution in [0.25, 0.3) is 0 Å². The van der Waals surface area contributed by atoms with Crippen molar-refractivity contribution in [3.05, 3.63) is 53.4 Å². The molecule has 0 spiro atoms. The van der Waals surface area contributed by atoms with Gasteiger partial charge in [0.1, 0.15) is 0 Å². The molecule has 88 valence electrons. The highest BCUT2D eigenvalue weighted by molar-refractivity contribution is 6.08. The number of carbonyl (C=O) groups is 1. The molecule has 2 rings (SSSR count). The summed E-state index contributed by atoms with van der Waals surface area (Å²) in [4.78, 5) is 14.5. The minimum absolute atomic E-state index is 0.133. The largest absolute Gasteiger partial charge is 0.348 e. The van der Waals surface area contributed by atoms with Crippen LogP contribution >= 0.6 is 0 Å². The summed E-state index contributed by atoms with van der Waals surface area (Å²) in [7, 11) is 1.57. The number of hydrogen-bond acceptors (Lipinski definition) is 2. The van der Waals surface area contributed by atoms with Gasteiger partial charge in [0.05, 0.1) is 11.3 Å². The van der Waals surface area contributed by atoms with Gasteiger partial charge in [0.2, 0.25) is 11.7 Å². The molecular weight excluding hydrogens is 233 g/mol. The summed E-state index contributed by atoms with van der Waals surface area (Å²) in [6.07, 6.45) is 1.57. The van der Waals surface area contributed by atoms with Crippen LogP contribution in [0.15, 0.2) is 24.4 Å². The van der Waals surface area contributed by atoms with E-state index in [-0.39, 0.29) is 5.69 Å². The van der Waals surface area contributed by atoms with Crippen LogP contribution in [0.5, 0.6) is 0 Å². The topological polar surface area (TPSA) is 34.9 Å². The standard InChI is InChI=1S/C11H7F3N2O/c1-16-4-2-3-7(16)10(17)6-5-8(12)15-11(14)9(6)13/h2-5H,1H3. The number of hydrogen-bond donors (Lipinski definition) is 0. The second kappa shape index (κ2) is 4.04. The highest BCUT2D eigenvalue weighted by Gasteiger charge is 2.21. The third-order valence-electron chi connectivity index (χ3n) is 2.31. The highest BCUT2D eigenvalue weighted by atomic mass is 19.2. The molecule has 0 N–H and O–H groups in total. The highest BCUT2D eigenvalue weighted by Crippen LogP contribution is 2.16. The SMILES string of the molecule is Cn1cccc1C(=O)c1cc(F)nc(F)c1F. The van der Waals surface area contributed by atoms with E-state index in [1.165, 1.54) is 10.6 Å². The molecule has 3 nitrogen and oxygen atoms in total. The Bertz CT molecular complexity index is 592. The van der Waals surface area contributed by atoms with Crippen molar-refractivity contribution in [3.63, 3.8) is 0 Å². The molecule has 2 aromatic rings. The Morgan fingerprint density at radius 3 is 2.65 bits per heavy atom. The van der Waals surface area contributed by atoms with Crippen LogP contribution in [0, 0.1) is 17.7 Å². The van der Waals surface area contributed by atoms with Gasteiger partial charge in [-0.15, -0.1) is 0 Å². The Morgan fingerprint density at radius 2 is 2.06 bits per heavy atom. The van der Waals surface area contributed by atoms with Crippen molar-refractivity contribution in [2.24, 2.45) is 7.05 Å². The number of pyridine rings is 1. The van der Waals surface area contributed by atoms with Crippen molar-refractivity contribution in [1.29, 1.82) is 0 Å². The van der Waals surface area contributed by atoms with Crippen molar-refractivity contribution < 1.29 is 18.0 Å². The van der Waals surface area contributed by atoms with E-state index < -0.39 is 29.1 Å². The predicted molar refractivity (Wildman–Crippen MR) is 53.0 cm³/mol. The van der Waals surface area contributed by atoms with Crippen molar-refractivity contribution in [1.82, 2.24) is 9.55 Å². The first-order valence-electron chi connectivity index (χ1n) is 4.68. The average molecular weight is 240 g/mol. The maximum atomic E-state index is 13.3. The van der Waals surface area contributed by atoms with Gasteiger partial charge in [-0.2, -0.15) is 13.8 Å². The molecule has 0 amide bonds. The Hall–Kier alpha value is -2.11. The van der Waals surface area contributed by atoms with E-state index >= 15 is 0 Å². The normalized spacial score (nSPS) is 10.6. The van der Waals surface area contributed by atoms with Crippen molar-refractivity contribution >= 4 is 5.78 Å². The van der Waals surface area contributed by atoms with E-state index in [0.717, 1.165) is 0 Å². The summed E-state index contributed by atoms with van der Waals surface area (Å²) in [5, 5.41) is 0. The molecule has 0 aromatic carbocycles. The first kappa shape index (κ1) is 11.4. The maximum Gasteiger partial charge on any atom is 0.252 e. The third-order valence-corrected chi connectivity index (χ3v) is 2.31. The fourth-order valence-corrected chi connectivity index (χ4v) is 1.47. The number of aromatic nitrogens is 2. The quantitative estimate of drug-likeness (QED) is 0.595. The van der Waals surface area contributed by atoms with Crippen LogP contribution in [-0.4, -0.2) is 15.3 Å². The van der Waals surface area contributed by atoms with E-state index in [1.807, 2.05) is 0 Å². The van der Waals surface area contributed by atoms with Gasteiger partial charge in [-0.05, 0) is 12.1 Å². The molecule has 0 aliphatic carbocycles. The van der Waals surface area contributed by atoms with Gasteiger partial charge < -0.3 is 4.57 Å². The Labute approximate surface area is 94.5 Å². The zero-order valence-electron chi connectivity index (χ0n) is 8.75. The van der Waals surface area contributed by atoms with E-state index in [9.17, 15) is 18.0 Å². The molecule has 0 radical (unpaired) electrons. The maximum absolute atomic E-state index is 13.3. The summed E-state index contributed by atoms with van der Waals surface area (Å²) >= 11 is 0. The molecule has 2 aromatic heterocycles. The van der Waals surface area contributed by atoms with Gasteiger partial charge >= 0.3 is 0 Å². The molecule has 0 aliphatic rings. The number of ketones is 1. The first-order chi connectivity index (χ1) is 8.00. The second-order valence-corrected chi connectivity index (χ2v) is 3.43. The molecule has 0 aliphatic heterocycles. The number of nitrogens with zero attached hydrogens (tertiary/aromatic N) is 2. The van der Waals surface area contributed by atoms with Crippen LogP contribution in [0.3, 0.4) is 0 Å². The van der Waals surface area contributed by atoms with E-state index in [2.05, 4.69) is 4.98 Å². The first-order valence-corrected chi connectivity index (χ1v) is 4.68. The van der Waals surface area contributed by atoms with E-state index in [0.29, 0.717) is 6.07 Å². The zero-order valence-corrected chi connectivity index (χ0v) is 8.75. The predicted octanol–water partition coefficient (Wildman–Crippen LogP) is 2.07. The van der Waals surface area contributed by atoms with E-state index in [1.54, 1.807) is 19.3 Å². The third kappa shape index (κ3) is 1.93. The summed E-state index contributed by atoms with van der Waals surface area (Å²) in [6, 6.07) is 3.57. The van der Waals surface area contributed by atoms with Crippen LogP contribution in [0.4, 0.5) is 13.2 Å². The lowest BCUT2D eigenvalue weighted by Gasteiger charge is -2.04. The number of halogens is 3. The van der Waals surface area contributed by atoms with Crippen molar-refractivity contribution in [2.75, 3.05) is 0 Å². The average Bonchev–Trinajstić information content (AvgIpc) is 2.69. The summed E-state index contributed by atoms with van der Waals surface area (Å²) in [5.74, 6) is -5.10. The van der Waals surface area contributed by atoms with Gasteiger partial charge in [0, 0.05) is 19.3 Å². The Morgan fingerprint density at radius 1 is 1.35 bits per heavy atom. The number of aryl methyl sites for hydroxylation is 1. The van der Waals surface area contributed by atoms with Crippen LogP contribution in [0.2, 0.25) is 0 Å². The van der Waals surface area contributed by atoms with Gasteiger partial charge in [-0.25, -0.2) is 4.39 Å². The molecule has 6 heteroatoms. The number of rotatable bonds is 2. The van der Waals surface area contributed by atoms with Crippen molar-refractivity contribution in [2.45, 2.75) is 0 Å². The molecule has 0 saturated carbocycles. The smallest absolute Gasteiger partial charge is 0.252 e. The monoisotopic (exact) mass is 240 g/mol. The lowest BCUT2D eigenvalue weighted by Crippen LogP contribution is -2.11. The Kier molecular flexibility index (Phi) is 2.71. The molecule has 0 unspecified atom stereocenters. The van der Waals surface area contributed by atoms with Crippen LogP contribution in [-0.2, 0) is 7.05 Å². The molecule has 0 saturated heterocycles. The summed E-state index contributed by atoms with van der Waals surface area (Å²) in [5.41, 5.74) is -0.536. The summed E-state index contributed by atoms with van der Waals surface area (Å²) < 4.78 is 40.4. The molecule has 17 heavy (non-hydrogen) atoms. The van der Waals surface area contributed by atoms with E-state index in [4.69, 9.17) is 0 Å². The van der Waals surface area contributed by atoms with Crippen molar-refractivity contribution in [3.8, 4) is 0 Å². The second-order valence-electron chi connectivity index (χ2n) is 3.43. The lowest BCUT2D eigenvalue weighted by molar-refractivity contribution is 0.102. The molecular formula is C11H7F3N2O. The molecule has 0 fully saturated rings. The zero-order chi connectivity index (χ0) is 12.6. The van der Waals surface area contributed by atoms with Gasteiger partial charge in [-0.1, -0.05) is 0 Å². The fraction of sp³-hybridized carbons (Fsp3) is 0.0909. The minimum Gasteiger partial charge on any atom is -0.348 e.